The van der Waals surface area contributed by atoms with Crippen molar-refractivity contribution in [3.05, 3.63) is 42.0 Å². The molecular weight excluding hydrogens is 396 g/mol. The molecule has 6 rings (SSSR count). The summed E-state index contributed by atoms with van der Waals surface area (Å²) >= 11 is 0. The molecule has 2 saturated carbocycles. The van der Waals surface area contributed by atoms with Gasteiger partial charge in [-0.2, -0.15) is 0 Å². The van der Waals surface area contributed by atoms with Crippen LogP contribution in [0.25, 0.3) is 0 Å². The van der Waals surface area contributed by atoms with Gasteiger partial charge in [-0.3, -0.25) is 19.3 Å². The topological polar surface area (TPSA) is 92.8 Å². The normalized spacial score (nSPS) is 32.2. The summed E-state index contributed by atoms with van der Waals surface area (Å²) in [5.74, 6) is -0.245. The van der Waals surface area contributed by atoms with E-state index in [2.05, 4.69) is 17.5 Å². The van der Waals surface area contributed by atoms with Crippen molar-refractivity contribution in [1.82, 2.24) is 4.90 Å². The van der Waals surface area contributed by atoms with Gasteiger partial charge in [0.2, 0.25) is 17.7 Å². The third-order valence-electron chi connectivity index (χ3n) is 7.01. The van der Waals surface area contributed by atoms with Gasteiger partial charge < -0.3 is 10.1 Å². The van der Waals surface area contributed by atoms with Crippen molar-refractivity contribution in [3.8, 4) is 0 Å². The Labute approximate surface area is 180 Å². The minimum atomic E-state index is -0.430. The van der Waals surface area contributed by atoms with Gasteiger partial charge in [0, 0.05) is 5.69 Å². The van der Waals surface area contributed by atoms with Crippen molar-refractivity contribution < 1.29 is 23.9 Å². The Morgan fingerprint density at radius 3 is 2.16 bits per heavy atom. The lowest BCUT2D eigenvalue weighted by Gasteiger charge is -2.37. The van der Waals surface area contributed by atoms with Crippen molar-refractivity contribution in [2.75, 3.05) is 18.5 Å². The summed E-state index contributed by atoms with van der Waals surface area (Å²) in [6.07, 6.45) is 5.34. The Morgan fingerprint density at radius 2 is 1.61 bits per heavy atom. The molecule has 3 amide bonds. The fraction of sp³-hybridized carbons (Fsp3) is 0.500. The molecule has 2 bridgehead atoms. The molecule has 1 aliphatic heterocycles. The Bertz CT molecular complexity index is 946. The Kier molecular flexibility index (Phi) is 4.72. The molecular formula is C24H26N2O5. The summed E-state index contributed by atoms with van der Waals surface area (Å²) in [5, 5.41) is 2.71. The van der Waals surface area contributed by atoms with Crippen LogP contribution in [0.2, 0.25) is 0 Å². The van der Waals surface area contributed by atoms with Gasteiger partial charge in [-0.1, -0.05) is 26.0 Å². The van der Waals surface area contributed by atoms with Crippen molar-refractivity contribution in [3.63, 3.8) is 0 Å². The summed E-state index contributed by atoms with van der Waals surface area (Å²) in [6.45, 7) is 3.98. The molecule has 162 valence electrons. The van der Waals surface area contributed by atoms with E-state index >= 15 is 0 Å². The molecule has 0 radical (unpaired) electrons. The van der Waals surface area contributed by atoms with Crippen molar-refractivity contribution in [2.45, 2.75) is 20.3 Å². The number of nitrogens with zero attached hydrogens (tertiary/aromatic N) is 1. The van der Waals surface area contributed by atoms with E-state index in [1.807, 2.05) is 13.8 Å². The lowest BCUT2D eigenvalue weighted by atomic mass is 9.63. The first kappa shape index (κ1) is 20.0. The lowest BCUT2D eigenvalue weighted by molar-refractivity contribution is -0.142. The Balaban J connectivity index is 1.20. The highest BCUT2D eigenvalue weighted by Gasteiger charge is 2.67. The fourth-order valence-electron chi connectivity index (χ4n) is 5.53. The second kappa shape index (κ2) is 7.32. The molecule has 0 spiro atoms. The molecule has 5 aliphatic rings. The number of carbonyl (C=O) groups is 4. The molecule has 1 N–H and O–H groups in total. The summed E-state index contributed by atoms with van der Waals surface area (Å²) < 4.78 is 5.19. The number of imide groups is 1. The molecule has 3 fully saturated rings. The highest BCUT2D eigenvalue weighted by molar-refractivity contribution is 6.09. The van der Waals surface area contributed by atoms with Crippen LogP contribution in [0.3, 0.4) is 0 Å². The second-order valence-corrected chi connectivity index (χ2v) is 9.54. The summed E-state index contributed by atoms with van der Waals surface area (Å²) in [7, 11) is 0. The van der Waals surface area contributed by atoms with E-state index in [0.717, 1.165) is 11.3 Å². The lowest BCUT2D eigenvalue weighted by Crippen LogP contribution is -2.40. The number of ether oxygens (including phenoxy) is 1. The van der Waals surface area contributed by atoms with Gasteiger partial charge in [0.15, 0.2) is 0 Å². The van der Waals surface area contributed by atoms with Crippen LogP contribution in [-0.4, -0.2) is 41.7 Å². The van der Waals surface area contributed by atoms with Crippen LogP contribution in [0, 0.1) is 41.4 Å². The minimum absolute atomic E-state index is 0.146. The van der Waals surface area contributed by atoms with Crippen LogP contribution in [0.1, 0.15) is 30.6 Å². The van der Waals surface area contributed by atoms with Gasteiger partial charge in [0.05, 0.1) is 24.0 Å². The number of anilines is 1. The third kappa shape index (κ3) is 3.36. The SMILES string of the molecule is CC(C)COC(=O)c1ccc(NC(=O)CN2C(=O)[C@@H]3[C@H]4C=C[C@@H]([C@@H]5C[C@H]45)[C@@H]3C2=O)cc1. The van der Waals surface area contributed by atoms with E-state index in [0.29, 0.717) is 29.7 Å². The smallest absolute Gasteiger partial charge is 0.338 e. The number of allylic oxidation sites excluding steroid dienone is 2. The number of carbonyl (C=O) groups excluding carboxylic acids is 4. The number of benzene rings is 1. The maximum Gasteiger partial charge on any atom is 0.338 e. The maximum absolute atomic E-state index is 13.0. The number of esters is 1. The van der Waals surface area contributed by atoms with E-state index in [-0.39, 0.29) is 47.9 Å². The van der Waals surface area contributed by atoms with E-state index in [9.17, 15) is 19.2 Å². The van der Waals surface area contributed by atoms with E-state index in [1.54, 1.807) is 24.3 Å². The van der Waals surface area contributed by atoms with Crippen molar-refractivity contribution in [1.29, 1.82) is 0 Å². The standard InChI is InChI=1S/C24H26N2O5/c1-12(2)11-31-24(30)13-3-5-14(6-4-13)25-19(27)10-26-22(28)20-15-7-8-16(18-9-17(15)18)21(20)23(26)29/h3-8,12,15-18,20-21H,9-11H2,1-2H3,(H,25,27)/t15-,16-,17-,18+,20-,21+/m0/s1. The van der Waals surface area contributed by atoms with Crippen LogP contribution in [0.15, 0.2) is 36.4 Å². The summed E-state index contributed by atoms with van der Waals surface area (Å²) in [5.41, 5.74) is 0.888. The van der Waals surface area contributed by atoms with Crippen LogP contribution in [-0.2, 0) is 19.1 Å². The zero-order valence-electron chi connectivity index (χ0n) is 17.6. The first-order valence-electron chi connectivity index (χ1n) is 11.0. The fourth-order valence-corrected chi connectivity index (χ4v) is 5.53. The summed E-state index contributed by atoms with van der Waals surface area (Å²) in [6, 6.07) is 6.37. The zero-order chi connectivity index (χ0) is 21.9. The first-order chi connectivity index (χ1) is 14.8. The molecule has 4 aliphatic carbocycles. The van der Waals surface area contributed by atoms with Crippen LogP contribution >= 0.6 is 0 Å². The first-order valence-corrected chi connectivity index (χ1v) is 11.0. The Morgan fingerprint density at radius 1 is 1.03 bits per heavy atom. The minimum Gasteiger partial charge on any atom is -0.462 e. The second-order valence-electron chi connectivity index (χ2n) is 9.54. The molecule has 1 heterocycles. The third-order valence-corrected chi connectivity index (χ3v) is 7.01. The van der Waals surface area contributed by atoms with E-state index in [4.69, 9.17) is 4.74 Å². The molecule has 0 unspecified atom stereocenters. The largest absolute Gasteiger partial charge is 0.462 e. The predicted molar refractivity (Wildman–Crippen MR) is 112 cm³/mol. The average Bonchev–Trinajstić information content (AvgIpc) is 3.53. The number of hydrogen-bond acceptors (Lipinski definition) is 5. The van der Waals surface area contributed by atoms with Gasteiger partial charge in [-0.05, 0) is 60.3 Å². The number of amides is 3. The van der Waals surface area contributed by atoms with Gasteiger partial charge in [0.25, 0.3) is 0 Å². The molecule has 1 aromatic carbocycles. The van der Waals surface area contributed by atoms with E-state index in [1.165, 1.54) is 0 Å². The zero-order valence-corrected chi connectivity index (χ0v) is 17.6. The maximum atomic E-state index is 13.0. The molecule has 0 aromatic heterocycles. The number of hydrogen-bond donors (Lipinski definition) is 1. The molecule has 7 nitrogen and oxygen atoms in total. The number of rotatable bonds is 6. The quantitative estimate of drug-likeness (QED) is 0.432. The van der Waals surface area contributed by atoms with Crippen LogP contribution in [0.4, 0.5) is 5.69 Å². The molecule has 1 saturated heterocycles. The van der Waals surface area contributed by atoms with Crippen molar-refractivity contribution >= 4 is 29.4 Å². The van der Waals surface area contributed by atoms with Crippen molar-refractivity contribution in [2.24, 2.45) is 41.4 Å². The average molecular weight is 422 g/mol. The van der Waals surface area contributed by atoms with Gasteiger partial charge in [-0.15, -0.1) is 0 Å². The molecule has 1 aromatic rings. The predicted octanol–water partition coefficient (Wildman–Crippen LogP) is 2.49. The summed E-state index contributed by atoms with van der Waals surface area (Å²) in [4.78, 5) is 51.6. The van der Waals surface area contributed by atoms with Crippen LogP contribution in [0.5, 0.6) is 0 Å². The Hall–Kier alpha value is -2.96. The van der Waals surface area contributed by atoms with Gasteiger partial charge >= 0.3 is 5.97 Å². The highest BCUT2D eigenvalue weighted by atomic mass is 16.5. The number of nitrogens with one attached hydrogen (secondary N) is 1. The molecule has 7 heteroatoms. The molecule has 31 heavy (non-hydrogen) atoms. The molecule has 6 atom stereocenters. The van der Waals surface area contributed by atoms with Gasteiger partial charge in [-0.25, -0.2) is 4.79 Å². The number of likely N-dealkylation sites (tertiary alicyclic amines) is 1. The monoisotopic (exact) mass is 422 g/mol. The highest BCUT2D eigenvalue weighted by Crippen LogP contribution is 2.65. The van der Waals surface area contributed by atoms with E-state index < -0.39 is 11.9 Å². The van der Waals surface area contributed by atoms with Gasteiger partial charge in [0.1, 0.15) is 6.54 Å². The van der Waals surface area contributed by atoms with Crippen LogP contribution < -0.4 is 5.32 Å².